The van der Waals surface area contributed by atoms with Gasteiger partial charge in [-0.05, 0) is 19.4 Å². The van der Waals surface area contributed by atoms with Crippen LogP contribution in [0.25, 0.3) is 0 Å². The summed E-state index contributed by atoms with van der Waals surface area (Å²) in [6, 6.07) is 2.82. The van der Waals surface area contributed by atoms with Gasteiger partial charge in [0.2, 0.25) is 5.91 Å². The van der Waals surface area contributed by atoms with Crippen LogP contribution >= 0.6 is 23.1 Å². The van der Waals surface area contributed by atoms with E-state index < -0.39 is 4.92 Å². The Morgan fingerprint density at radius 3 is 2.74 bits per heavy atom. The predicted molar refractivity (Wildman–Crippen MR) is 88.4 cm³/mol. The van der Waals surface area contributed by atoms with E-state index in [4.69, 9.17) is 4.74 Å². The lowest BCUT2D eigenvalue weighted by Crippen LogP contribution is -2.15. The maximum atomic E-state index is 12.0. The van der Waals surface area contributed by atoms with Gasteiger partial charge in [-0.15, -0.1) is 10.2 Å². The van der Waals surface area contributed by atoms with Crippen LogP contribution < -0.4 is 10.1 Å². The Bertz CT molecular complexity index is 748. The third-order valence-electron chi connectivity index (χ3n) is 2.83. The first kappa shape index (κ1) is 17.2. The molecule has 0 aliphatic heterocycles. The molecule has 10 heteroatoms. The number of ether oxygens (including phenoxy) is 1. The van der Waals surface area contributed by atoms with Crippen molar-refractivity contribution in [2.75, 3.05) is 18.2 Å². The lowest BCUT2D eigenvalue weighted by molar-refractivity contribution is -0.385. The van der Waals surface area contributed by atoms with Crippen LogP contribution in [0.3, 0.4) is 0 Å². The number of methoxy groups -OCH3 is 1. The third kappa shape index (κ3) is 4.39. The summed E-state index contributed by atoms with van der Waals surface area (Å²) in [7, 11) is 1.34. The normalized spacial score (nSPS) is 10.4. The van der Waals surface area contributed by atoms with E-state index in [1.807, 2.05) is 6.92 Å². The van der Waals surface area contributed by atoms with Gasteiger partial charge in [0.15, 0.2) is 10.1 Å². The van der Waals surface area contributed by atoms with Gasteiger partial charge in [-0.25, -0.2) is 0 Å². The lowest BCUT2D eigenvalue weighted by Gasteiger charge is -2.10. The molecule has 23 heavy (non-hydrogen) atoms. The van der Waals surface area contributed by atoms with Crippen LogP contribution in [0.1, 0.15) is 10.6 Å². The molecule has 2 aromatic rings. The Hall–Kier alpha value is -2.20. The minimum absolute atomic E-state index is 0.100. The van der Waals surface area contributed by atoms with E-state index in [0.29, 0.717) is 11.3 Å². The maximum Gasteiger partial charge on any atom is 0.311 e. The Labute approximate surface area is 140 Å². The number of aromatic nitrogens is 2. The van der Waals surface area contributed by atoms with Crippen LogP contribution in [-0.4, -0.2) is 33.9 Å². The minimum atomic E-state index is -0.523. The van der Waals surface area contributed by atoms with Crippen LogP contribution in [0.15, 0.2) is 16.5 Å². The summed E-state index contributed by atoms with van der Waals surface area (Å²) in [6.07, 6.45) is 0. The van der Waals surface area contributed by atoms with Gasteiger partial charge < -0.3 is 10.1 Å². The molecule has 0 fully saturated rings. The molecule has 1 aromatic carbocycles. The topological polar surface area (TPSA) is 107 Å². The molecule has 1 heterocycles. The third-order valence-corrected chi connectivity index (χ3v) is 4.80. The van der Waals surface area contributed by atoms with Gasteiger partial charge in [0, 0.05) is 17.8 Å². The van der Waals surface area contributed by atoms with Crippen molar-refractivity contribution in [3.8, 4) is 5.75 Å². The number of nitrogens with zero attached hydrogens (tertiary/aromatic N) is 3. The van der Waals surface area contributed by atoms with Crippen molar-refractivity contribution >= 4 is 40.4 Å². The molecule has 122 valence electrons. The van der Waals surface area contributed by atoms with Crippen molar-refractivity contribution < 1.29 is 14.5 Å². The predicted octanol–water partition coefficient (Wildman–Crippen LogP) is 2.80. The molecule has 0 saturated heterocycles. The van der Waals surface area contributed by atoms with Crippen LogP contribution in [0.5, 0.6) is 5.75 Å². The molecular weight excluding hydrogens is 340 g/mol. The molecule has 1 aromatic heterocycles. The van der Waals surface area contributed by atoms with Gasteiger partial charge in [-0.3, -0.25) is 14.9 Å². The number of carbonyl (C=O) groups is 1. The lowest BCUT2D eigenvalue weighted by atomic mass is 10.1. The van der Waals surface area contributed by atoms with Crippen LogP contribution in [0.4, 0.5) is 11.4 Å². The minimum Gasteiger partial charge on any atom is -0.490 e. The molecule has 0 aliphatic rings. The fraction of sp³-hybridized carbons (Fsp3) is 0.308. The number of anilines is 1. The SMILES string of the molecule is COc1cc(NC(=O)CSc2nnc(C)s2)c(C)cc1[N+](=O)[O-]. The number of hydrogen-bond donors (Lipinski definition) is 1. The number of rotatable bonds is 6. The van der Waals surface area contributed by atoms with E-state index >= 15 is 0 Å². The highest BCUT2D eigenvalue weighted by molar-refractivity contribution is 8.01. The second-order valence-corrected chi connectivity index (χ2v) is 6.92. The molecule has 0 spiro atoms. The zero-order valence-electron chi connectivity index (χ0n) is 12.7. The number of nitro groups is 1. The number of carbonyl (C=O) groups excluding carboxylic acids is 1. The molecule has 0 unspecified atom stereocenters. The maximum absolute atomic E-state index is 12.0. The van der Waals surface area contributed by atoms with Crippen molar-refractivity contribution in [3.05, 3.63) is 32.8 Å². The summed E-state index contributed by atoms with van der Waals surface area (Å²) in [5.74, 6) is 0.0399. The number of aryl methyl sites for hydroxylation is 2. The largest absolute Gasteiger partial charge is 0.490 e. The van der Waals surface area contributed by atoms with E-state index in [9.17, 15) is 14.9 Å². The number of amides is 1. The van der Waals surface area contributed by atoms with Gasteiger partial charge in [-0.1, -0.05) is 23.1 Å². The summed E-state index contributed by atoms with van der Waals surface area (Å²) >= 11 is 2.70. The first-order valence-corrected chi connectivity index (χ1v) is 8.26. The highest BCUT2D eigenvalue weighted by atomic mass is 32.2. The highest BCUT2D eigenvalue weighted by Crippen LogP contribution is 2.33. The smallest absolute Gasteiger partial charge is 0.311 e. The first-order chi connectivity index (χ1) is 10.9. The number of nitro benzene ring substituents is 1. The van der Waals surface area contributed by atoms with Crippen LogP contribution in [-0.2, 0) is 4.79 Å². The Morgan fingerprint density at radius 2 is 2.17 bits per heavy atom. The molecule has 1 N–H and O–H groups in total. The van der Waals surface area contributed by atoms with E-state index in [1.165, 1.54) is 42.3 Å². The average molecular weight is 354 g/mol. The zero-order valence-corrected chi connectivity index (χ0v) is 14.3. The fourth-order valence-corrected chi connectivity index (χ4v) is 3.38. The van der Waals surface area contributed by atoms with Crippen molar-refractivity contribution in [1.82, 2.24) is 10.2 Å². The fourth-order valence-electron chi connectivity index (χ4n) is 1.76. The Kier molecular flexibility index (Phi) is 5.50. The van der Waals surface area contributed by atoms with Gasteiger partial charge in [-0.2, -0.15) is 0 Å². The molecular formula is C13H14N4O4S2. The average Bonchev–Trinajstić information content (AvgIpc) is 2.92. The molecule has 0 bridgehead atoms. The second-order valence-electron chi connectivity index (χ2n) is 4.52. The number of thioether (sulfide) groups is 1. The Balaban J connectivity index is 2.06. The molecule has 0 aliphatic carbocycles. The first-order valence-electron chi connectivity index (χ1n) is 6.46. The molecule has 0 saturated carbocycles. The summed E-state index contributed by atoms with van der Waals surface area (Å²) in [5, 5.41) is 22.3. The number of hydrogen-bond acceptors (Lipinski definition) is 8. The molecule has 1 amide bonds. The molecule has 0 radical (unpaired) electrons. The van der Waals surface area contributed by atoms with Crippen molar-refractivity contribution in [2.24, 2.45) is 0 Å². The second kappa shape index (κ2) is 7.38. The summed E-state index contributed by atoms with van der Waals surface area (Å²) in [4.78, 5) is 22.4. The standard InChI is InChI=1S/C13H14N4O4S2/c1-7-4-10(17(19)20)11(21-3)5-9(7)14-12(18)6-22-13-16-15-8(2)23-13/h4-5H,6H2,1-3H3,(H,14,18). The summed E-state index contributed by atoms with van der Waals surface area (Å²) in [6.45, 7) is 3.53. The monoisotopic (exact) mass is 354 g/mol. The molecule has 8 nitrogen and oxygen atoms in total. The number of benzene rings is 1. The summed E-state index contributed by atoms with van der Waals surface area (Å²) in [5.41, 5.74) is 0.927. The zero-order chi connectivity index (χ0) is 17.0. The van der Waals surface area contributed by atoms with Crippen LogP contribution in [0.2, 0.25) is 0 Å². The number of nitrogens with one attached hydrogen (secondary N) is 1. The van der Waals surface area contributed by atoms with E-state index in [1.54, 1.807) is 6.92 Å². The van der Waals surface area contributed by atoms with E-state index in [2.05, 4.69) is 15.5 Å². The molecule has 2 rings (SSSR count). The van der Waals surface area contributed by atoms with Crippen molar-refractivity contribution in [3.63, 3.8) is 0 Å². The van der Waals surface area contributed by atoms with E-state index in [0.717, 1.165) is 9.35 Å². The quantitative estimate of drug-likeness (QED) is 0.483. The van der Waals surface area contributed by atoms with Gasteiger partial charge in [0.05, 0.1) is 17.8 Å². The highest BCUT2D eigenvalue weighted by Gasteiger charge is 2.18. The Morgan fingerprint density at radius 1 is 1.43 bits per heavy atom. The van der Waals surface area contributed by atoms with Crippen molar-refractivity contribution in [2.45, 2.75) is 18.2 Å². The van der Waals surface area contributed by atoms with Gasteiger partial charge in [0.25, 0.3) is 0 Å². The molecule has 0 atom stereocenters. The van der Waals surface area contributed by atoms with Crippen molar-refractivity contribution in [1.29, 1.82) is 0 Å². The van der Waals surface area contributed by atoms with Gasteiger partial charge >= 0.3 is 5.69 Å². The van der Waals surface area contributed by atoms with E-state index in [-0.39, 0.29) is 23.1 Å². The summed E-state index contributed by atoms with van der Waals surface area (Å²) < 4.78 is 5.72. The van der Waals surface area contributed by atoms with Gasteiger partial charge in [0.1, 0.15) is 5.01 Å². The van der Waals surface area contributed by atoms with Crippen LogP contribution in [0, 0.1) is 24.0 Å².